The number of hydroxylamine groups is 1. The van der Waals surface area contributed by atoms with Gasteiger partial charge in [-0.3, -0.25) is 15.1 Å². The summed E-state index contributed by atoms with van der Waals surface area (Å²) in [6, 6.07) is 2.33. The van der Waals surface area contributed by atoms with E-state index in [4.69, 9.17) is 9.57 Å². The van der Waals surface area contributed by atoms with Crippen LogP contribution in [0.3, 0.4) is 0 Å². The molecule has 5 nitrogen and oxygen atoms in total. The second-order valence-electron chi connectivity index (χ2n) is 6.90. The largest absolute Gasteiger partial charge is 0.481 e. The highest BCUT2D eigenvalue weighted by atomic mass is 19.4. The minimum atomic E-state index is -4.50. The molecule has 0 spiro atoms. The SMILES string of the molecule is CONC1=C(N2CCCC2=O)c2c(ccc(C(F)(F)F)c2C)OC1(C)C. The predicted molar refractivity (Wildman–Crippen MR) is 88.9 cm³/mol. The standard InChI is InChI=1S/C18H21F3N2O3/c1-10-11(18(19,20)21)7-8-12-14(10)15(23-9-5-6-13(23)24)16(22-25-4)17(2,3)26-12/h7-8,22H,5-6,9H2,1-4H3. The minimum absolute atomic E-state index is 0.0237. The van der Waals surface area contributed by atoms with Crippen molar-refractivity contribution in [3.63, 3.8) is 0 Å². The Labute approximate surface area is 149 Å². The Balaban J connectivity index is 2.32. The average molecular weight is 370 g/mol. The van der Waals surface area contributed by atoms with Crippen molar-refractivity contribution in [1.82, 2.24) is 10.4 Å². The number of hydrogen-bond donors (Lipinski definition) is 1. The summed E-state index contributed by atoms with van der Waals surface area (Å²) in [5.41, 5.74) is 2.18. The maximum atomic E-state index is 13.4. The molecule has 1 aromatic carbocycles. The number of ether oxygens (including phenoxy) is 1. The van der Waals surface area contributed by atoms with Crippen LogP contribution in [-0.4, -0.2) is 30.1 Å². The lowest BCUT2D eigenvalue weighted by atomic mass is 9.90. The highest BCUT2D eigenvalue weighted by molar-refractivity contribution is 5.92. The van der Waals surface area contributed by atoms with Crippen molar-refractivity contribution < 1.29 is 27.5 Å². The van der Waals surface area contributed by atoms with E-state index in [2.05, 4.69) is 5.48 Å². The van der Waals surface area contributed by atoms with Crippen molar-refractivity contribution in [3.05, 3.63) is 34.5 Å². The number of fused-ring (bicyclic) bond motifs is 1. The zero-order valence-electron chi connectivity index (χ0n) is 15.1. The number of likely N-dealkylation sites (tertiary alicyclic amines) is 1. The molecule has 2 heterocycles. The second kappa shape index (κ2) is 6.19. The van der Waals surface area contributed by atoms with Gasteiger partial charge in [-0.25, -0.2) is 0 Å². The molecule has 1 saturated heterocycles. The predicted octanol–water partition coefficient (Wildman–Crippen LogP) is 3.63. The lowest BCUT2D eigenvalue weighted by Gasteiger charge is -2.40. The van der Waals surface area contributed by atoms with E-state index in [9.17, 15) is 18.0 Å². The zero-order valence-corrected chi connectivity index (χ0v) is 15.1. The van der Waals surface area contributed by atoms with Crippen LogP contribution in [0, 0.1) is 6.92 Å². The van der Waals surface area contributed by atoms with Crippen molar-refractivity contribution in [2.45, 2.75) is 45.4 Å². The molecule has 0 radical (unpaired) electrons. The van der Waals surface area contributed by atoms with Crippen molar-refractivity contribution in [2.75, 3.05) is 13.7 Å². The maximum Gasteiger partial charge on any atom is 0.416 e. The molecule has 142 valence electrons. The van der Waals surface area contributed by atoms with Crippen LogP contribution >= 0.6 is 0 Å². The van der Waals surface area contributed by atoms with Gasteiger partial charge in [-0.2, -0.15) is 13.2 Å². The monoisotopic (exact) mass is 370 g/mol. The summed E-state index contributed by atoms with van der Waals surface area (Å²) >= 11 is 0. The van der Waals surface area contributed by atoms with Crippen LogP contribution < -0.4 is 10.2 Å². The van der Waals surface area contributed by atoms with Crippen molar-refractivity contribution in [3.8, 4) is 5.75 Å². The molecular formula is C18H21F3N2O3. The Morgan fingerprint density at radius 1 is 1.31 bits per heavy atom. The third-order valence-electron chi connectivity index (χ3n) is 4.72. The summed E-state index contributed by atoms with van der Waals surface area (Å²) in [4.78, 5) is 19.0. The topological polar surface area (TPSA) is 50.8 Å². The van der Waals surface area contributed by atoms with Gasteiger partial charge in [0.05, 0.1) is 18.4 Å². The fourth-order valence-corrected chi connectivity index (χ4v) is 3.54. The summed E-state index contributed by atoms with van der Waals surface area (Å²) in [6.07, 6.45) is -3.49. The second-order valence-corrected chi connectivity index (χ2v) is 6.90. The molecule has 1 aromatic rings. The van der Waals surface area contributed by atoms with E-state index in [1.54, 1.807) is 13.8 Å². The molecule has 0 bridgehead atoms. The third kappa shape index (κ3) is 2.92. The van der Waals surface area contributed by atoms with Gasteiger partial charge in [0, 0.05) is 18.5 Å². The number of alkyl halides is 3. The lowest BCUT2D eigenvalue weighted by Crippen LogP contribution is -2.44. The fraction of sp³-hybridized carbons (Fsp3) is 0.500. The van der Waals surface area contributed by atoms with Crippen LogP contribution in [0.15, 0.2) is 17.8 Å². The smallest absolute Gasteiger partial charge is 0.416 e. The van der Waals surface area contributed by atoms with Gasteiger partial charge in [0.1, 0.15) is 17.0 Å². The number of nitrogens with one attached hydrogen (secondary N) is 1. The molecule has 1 amide bonds. The number of rotatable bonds is 3. The molecule has 1 N–H and O–H groups in total. The first-order chi connectivity index (χ1) is 12.1. The van der Waals surface area contributed by atoms with Crippen molar-refractivity contribution in [2.24, 2.45) is 0 Å². The quantitative estimate of drug-likeness (QED) is 0.826. The maximum absolute atomic E-state index is 13.4. The van der Waals surface area contributed by atoms with E-state index in [1.165, 1.54) is 25.0 Å². The summed E-state index contributed by atoms with van der Waals surface area (Å²) < 4.78 is 46.2. The molecule has 2 aliphatic heterocycles. The normalized spacial score (nSPS) is 19.5. The summed E-state index contributed by atoms with van der Waals surface area (Å²) in [5, 5.41) is 0. The first-order valence-corrected chi connectivity index (χ1v) is 8.32. The van der Waals surface area contributed by atoms with Gasteiger partial charge >= 0.3 is 6.18 Å². The van der Waals surface area contributed by atoms with Gasteiger partial charge in [-0.1, -0.05) is 0 Å². The molecule has 2 aliphatic rings. The number of amides is 1. The Morgan fingerprint density at radius 2 is 2.00 bits per heavy atom. The molecular weight excluding hydrogens is 349 g/mol. The van der Waals surface area contributed by atoms with Crippen LogP contribution in [0.25, 0.3) is 5.70 Å². The molecule has 26 heavy (non-hydrogen) atoms. The number of halogens is 3. The highest BCUT2D eigenvalue weighted by Gasteiger charge is 2.43. The summed E-state index contributed by atoms with van der Waals surface area (Å²) in [5.74, 6) is 0.188. The van der Waals surface area contributed by atoms with Gasteiger partial charge in [-0.15, -0.1) is 0 Å². The van der Waals surface area contributed by atoms with E-state index in [-0.39, 0.29) is 17.0 Å². The number of hydrogen-bond acceptors (Lipinski definition) is 4. The molecule has 8 heteroatoms. The van der Waals surface area contributed by atoms with Crippen LogP contribution in [0.5, 0.6) is 5.75 Å². The van der Waals surface area contributed by atoms with Crippen molar-refractivity contribution >= 4 is 11.6 Å². The van der Waals surface area contributed by atoms with Gasteiger partial charge in [-0.05, 0) is 44.9 Å². The number of carbonyl (C=O) groups excluding carboxylic acids is 1. The first kappa shape index (κ1) is 18.6. The molecule has 0 unspecified atom stereocenters. The van der Waals surface area contributed by atoms with Crippen LogP contribution in [0.1, 0.15) is 43.4 Å². The minimum Gasteiger partial charge on any atom is -0.481 e. The van der Waals surface area contributed by atoms with E-state index < -0.39 is 17.3 Å². The Hall–Kier alpha value is -2.22. The Bertz CT molecular complexity index is 785. The van der Waals surface area contributed by atoms with Crippen LogP contribution in [0.2, 0.25) is 0 Å². The molecule has 0 aromatic heterocycles. The average Bonchev–Trinajstić information content (AvgIpc) is 2.93. The molecule has 0 atom stereocenters. The van der Waals surface area contributed by atoms with Gasteiger partial charge in [0.25, 0.3) is 0 Å². The number of benzene rings is 1. The van der Waals surface area contributed by atoms with Crippen LogP contribution in [0.4, 0.5) is 13.2 Å². The summed E-state index contributed by atoms with van der Waals surface area (Å²) in [7, 11) is 1.40. The Morgan fingerprint density at radius 3 is 2.54 bits per heavy atom. The highest BCUT2D eigenvalue weighted by Crippen LogP contribution is 2.47. The number of carbonyl (C=O) groups is 1. The first-order valence-electron chi connectivity index (χ1n) is 8.32. The van der Waals surface area contributed by atoms with Gasteiger partial charge in [0.15, 0.2) is 0 Å². The molecule has 1 fully saturated rings. The lowest BCUT2D eigenvalue weighted by molar-refractivity contribution is -0.138. The van der Waals surface area contributed by atoms with Crippen LogP contribution in [-0.2, 0) is 15.8 Å². The van der Waals surface area contributed by atoms with Crippen molar-refractivity contribution in [1.29, 1.82) is 0 Å². The summed E-state index contributed by atoms with van der Waals surface area (Å²) in [6.45, 7) is 5.37. The number of nitrogens with zero attached hydrogens (tertiary/aromatic N) is 1. The van der Waals surface area contributed by atoms with E-state index in [0.29, 0.717) is 36.5 Å². The van der Waals surface area contributed by atoms with Gasteiger partial charge in [0.2, 0.25) is 5.91 Å². The zero-order chi connectivity index (χ0) is 19.3. The van der Waals surface area contributed by atoms with Gasteiger partial charge < -0.3 is 9.64 Å². The van der Waals surface area contributed by atoms with E-state index in [0.717, 1.165) is 6.07 Å². The molecule has 0 aliphatic carbocycles. The Kier molecular flexibility index (Phi) is 4.42. The van der Waals surface area contributed by atoms with E-state index in [1.807, 2.05) is 0 Å². The molecule has 3 rings (SSSR count). The fourth-order valence-electron chi connectivity index (χ4n) is 3.54. The van der Waals surface area contributed by atoms with E-state index >= 15 is 0 Å². The third-order valence-corrected chi connectivity index (χ3v) is 4.72. The molecule has 0 saturated carbocycles.